The van der Waals surface area contributed by atoms with E-state index in [1.54, 1.807) is 19.4 Å². The Bertz CT molecular complexity index is 2950. The number of allylic oxidation sites excluding steroid dienone is 2. The zero-order chi connectivity index (χ0) is 46.9. The number of methoxy groups -OCH3 is 1. The van der Waals surface area contributed by atoms with Gasteiger partial charge in [-0.25, -0.2) is 15.0 Å². The van der Waals surface area contributed by atoms with Crippen LogP contribution in [0.3, 0.4) is 0 Å². The van der Waals surface area contributed by atoms with Crippen molar-refractivity contribution in [3.63, 3.8) is 0 Å². The van der Waals surface area contributed by atoms with Crippen molar-refractivity contribution in [3.05, 3.63) is 88.5 Å². The van der Waals surface area contributed by atoms with E-state index < -0.39 is 0 Å². The topological polar surface area (TPSA) is 161 Å². The smallest absolute Gasteiger partial charge is 0.179 e. The molecule has 16 nitrogen and oxygen atoms in total. The van der Waals surface area contributed by atoms with E-state index in [0.717, 1.165) is 101 Å². The monoisotopic (exact) mass is 907 g/mol. The first-order valence-corrected chi connectivity index (χ1v) is 23.4. The van der Waals surface area contributed by atoms with Crippen LogP contribution in [-0.2, 0) is 37.5 Å². The highest BCUT2D eigenvalue weighted by Gasteiger charge is 2.23. The molecule has 5 aromatic heterocycles. The molecule has 350 valence electrons. The maximum absolute atomic E-state index is 12.4. The van der Waals surface area contributed by atoms with Gasteiger partial charge in [-0.3, -0.25) is 23.9 Å². The second kappa shape index (κ2) is 21.7. The van der Waals surface area contributed by atoms with Gasteiger partial charge < -0.3 is 28.2 Å². The Kier molecular flexibility index (Phi) is 15.1. The van der Waals surface area contributed by atoms with Gasteiger partial charge in [0.1, 0.15) is 41.2 Å². The third kappa shape index (κ3) is 10.1. The van der Waals surface area contributed by atoms with E-state index >= 15 is 0 Å². The van der Waals surface area contributed by atoms with E-state index in [1.807, 2.05) is 66.7 Å². The van der Waals surface area contributed by atoms with Gasteiger partial charge in [0.2, 0.25) is 0 Å². The number of hydrogen-bond acceptors (Lipinski definition) is 12. The molecular formula is C51H61N11O5. The first-order valence-electron chi connectivity index (χ1n) is 23.4. The van der Waals surface area contributed by atoms with Crippen LogP contribution in [0.5, 0.6) is 11.5 Å². The summed E-state index contributed by atoms with van der Waals surface area (Å²) in [6.45, 7) is 19.3. The Balaban J connectivity index is 1.19. The van der Waals surface area contributed by atoms with E-state index in [4.69, 9.17) is 29.2 Å². The molecule has 0 aliphatic carbocycles. The number of ether oxygens (including phenoxy) is 3. The molecule has 0 N–H and O–H groups in total. The van der Waals surface area contributed by atoms with Crippen molar-refractivity contribution in [3.8, 4) is 23.0 Å². The van der Waals surface area contributed by atoms with Crippen LogP contribution in [0.25, 0.3) is 44.4 Å². The molecule has 2 aromatic carbocycles. The second-order valence-corrected chi connectivity index (χ2v) is 16.9. The number of benzene rings is 2. The average molecular weight is 908 g/mol. The number of aromatic nitrogens is 8. The van der Waals surface area contributed by atoms with Crippen LogP contribution >= 0.6 is 0 Å². The van der Waals surface area contributed by atoms with Gasteiger partial charge in [0.05, 0.1) is 47.9 Å². The maximum atomic E-state index is 12.4. The fraction of sp³-hybridized carbons (Fsp3) is 0.412. The number of fused-ring (bicyclic) bond motifs is 4. The number of likely N-dealkylation sites (tertiary alicyclic amines) is 1. The summed E-state index contributed by atoms with van der Waals surface area (Å²) in [6, 6.07) is 11.4. The summed E-state index contributed by atoms with van der Waals surface area (Å²) >= 11 is 0. The molecule has 1 fully saturated rings. The maximum Gasteiger partial charge on any atom is 0.179 e. The highest BCUT2D eigenvalue weighted by Crippen LogP contribution is 2.39. The van der Waals surface area contributed by atoms with Crippen LogP contribution in [0.2, 0.25) is 0 Å². The first kappa shape index (κ1) is 46.7. The largest absolute Gasteiger partial charge is 0.491 e. The number of carbonyl (C=O) groups is 2. The quantitative estimate of drug-likeness (QED) is 0.0263. The van der Waals surface area contributed by atoms with Crippen LogP contribution in [0.15, 0.2) is 64.7 Å². The minimum atomic E-state index is 0.386. The van der Waals surface area contributed by atoms with Gasteiger partial charge in [-0.2, -0.15) is 10.2 Å². The fourth-order valence-corrected chi connectivity index (χ4v) is 9.20. The van der Waals surface area contributed by atoms with Gasteiger partial charge in [0.25, 0.3) is 0 Å². The zero-order valence-corrected chi connectivity index (χ0v) is 39.4. The molecule has 1 aliphatic heterocycles. The molecule has 0 amide bonds. The van der Waals surface area contributed by atoms with Crippen LogP contribution in [0, 0.1) is 13.8 Å². The van der Waals surface area contributed by atoms with Crippen molar-refractivity contribution in [2.45, 2.75) is 92.5 Å². The predicted octanol–water partition coefficient (Wildman–Crippen LogP) is 8.76. The number of piperidine rings is 1. The van der Waals surface area contributed by atoms with Gasteiger partial charge in [-0.05, 0) is 103 Å². The van der Waals surface area contributed by atoms with Gasteiger partial charge in [-0.15, -0.1) is 0 Å². The standard InChI is InChI=1S/C51H61N11O5/c1-7-61-39(24-35(3)56-61)30-53-31-42-40-26-37(33-63)28-45(67-23-15-21-65-6)47(40)59(50(42)52-5)19-12-13-20-60-48-41(43-32-54-49(55-51(43)60)44-25-36(4)57-62(44)8-2)27-38(34-64)29-46(48)66-22-14-18-58-16-10-9-11-17-58/h12-13,24-29,31-34H,5,7-11,14-23,30H2,1-4,6H3/b13-12+,53-31-. The number of aliphatic imine (C=N–C) groups is 2. The minimum Gasteiger partial charge on any atom is -0.491 e. The van der Waals surface area contributed by atoms with Crippen LogP contribution in [0.4, 0.5) is 5.82 Å². The lowest BCUT2D eigenvalue weighted by atomic mass is 10.1. The van der Waals surface area contributed by atoms with Crippen molar-refractivity contribution in [1.82, 2.24) is 43.6 Å². The van der Waals surface area contributed by atoms with E-state index in [-0.39, 0.29) is 0 Å². The van der Waals surface area contributed by atoms with Crippen molar-refractivity contribution in [2.75, 3.05) is 46.6 Å². The third-order valence-corrected chi connectivity index (χ3v) is 12.3. The van der Waals surface area contributed by atoms with Gasteiger partial charge in [0.15, 0.2) is 5.82 Å². The third-order valence-electron chi connectivity index (χ3n) is 12.3. The number of hydrogen-bond donors (Lipinski definition) is 0. The molecule has 6 heterocycles. The highest BCUT2D eigenvalue weighted by molar-refractivity contribution is 6.11. The molecule has 0 bridgehead atoms. The lowest BCUT2D eigenvalue weighted by molar-refractivity contribution is 0.111. The molecule has 7 aromatic rings. The molecule has 0 saturated carbocycles. The molecular weight excluding hydrogens is 847 g/mol. The Morgan fingerprint density at radius 1 is 0.761 bits per heavy atom. The second-order valence-electron chi connectivity index (χ2n) is 16.9. The average Bonchev–Trinajstić information content (AvgIpc) is 4.09. The van der Waals surface area contributed by atoms with E-state index in [9.17, 15) is 9.59 Å². The summed E-state index contributed by atoms with van der Waals surface area (Å²) < 4.78 is 26.3. The molecule has 0 unspecified atom stereocenters. The van der Waals surface area contributed by atoms with E-state index in [2.05, 4.69) is 55.0 Å². The summed E-state index contributed by atoms with van der Waals surface area (Å²) in [5.41, 5.74) is 7.65. The molecule has 0 radical (unpaired) electrons. The number of carbonyl (C=O) groups excluding carboxylic acids is 2. The Morgan fingerprint density at radius 2 is 1.42 bits per heavy atom. The van der Waals surface area contributed by atoms with Crippen molar-refractivity contribution >= 4 is 64.2 Å². The normalized spacial score (nSPS) is 13.6. The predicted molar refractivity (Wildman–Crippen MR) is 264 cm³/mol. The molecule has 16 heteroatoms. The number of rotatable bonds is 23. The lowest BCUT2D eigenvalue weighted by Gasteiger charge is -2.26. The zero-order valence-electron chi connectivity index (χ0n) is 39.4. The summed E-state index contributed by atoms with van der Waals surface area (Å²) in [6.07, 6.45) is 14.8. The van der Waals surface area contributed by atoms with Crippen LogP contribution < -0.4 is 9.47 Å². The Hall–Kier alpha value is -6.78. The Morgan fingerprint density at radius 3 is 2.10 bits per heavy atom. The number of nitrogens with zero attached hydrogens (tertiary/aromatic N) is 11. The highest BCUT2D eigenvalue weighted by atomic mass is 16.5. The summed E-state index contributed by atoms with van der Waals surface area (Å²) in [7, 11) is 1.66. The van der Waals surface area contributed by atoms with Crippen molar-refractivity contribution < 1.29 is 23.8 Å². The molecule has 1 aliphatic rings. The van der Waals surface area contributed by atoms with Crippen molar-refractivity contribution in [1.29, 1.82) is 0 Å². The lowest BCUT2D eigenvalue weighted by Crippen LogP contribution is -2.31. The van der Waals surface area contributed by atoms with Crippen LogP contribution in [-0.4, -0.2) is 116 Å². The van der Waals surface area contributed by atoms with Gasteiger partial charge >= 0.3 is 0 Å². The fourth-order valence-electron chi connectivity index (χ4n) is 9.20. The van der Waals surface area contributed by atoms with Gasteiger partial charge in [0, 0.05) is 98.1 Å². The molecule has 8 rings (SSSR count). The van der Waals surface area contributed by atoms with Gasteiger partial charge in [-0.1, -0.05) is 18.6 Å². The van der Waals surface area contributed by atoms with E-state index in [0.29, 0.717) is 92.3 Å². The van der Waals surface area contributed by atoms with Crippen molar-refractivity contribution in [2.24, 2.45) is 9.98 Å². The first-order chi connectivity index (χ1) is 32.8. The molecule has 0 spiro atoms. The Labute approximate surface area is 391 Å². The van der Waals surface area contributed by atoms with E-state index in [1.165, 1.54) is 19.3 Å². The summed E-state index contributed by atoms with van der Waals surface area (Å²) in [5, 5.41) is 11.7. The minimum absolute atomic E-state index is 0.386. The molecule has 1 saturated heterocycles. The number of aryl methyl sites for hydroxylation is 4. The summed E-state index contributed by atoms with van der Waals surface area (Å²) in [5.74, 6) is 2.32. The SMILES string of the molecule is C=Nc1c(/C=N\Cc2cc(C)nn2CC)c2cc(C=O)cc(OCCCOC)c2n1C/C=C/Cn1c2nc(-c3cc(C)nn3CC)ncc2c2cc(C=O)cc(OCCCN3CCCCC3)c21. The molecule has 0 atom stereocenters. The molecule has 67 heavy (non-hydrogen) atoms. The summed E-state index contributed by atoms with van der Waals surface area (Å²) in [4.78, 5) is 46.7. The van der Waals surface area contributed by atoms with Crippen LogP contribution in [0.1, 0.15) is 89.3 Å². The number of aldehydes is 2.